The van der Waals surface area contributed by atoms with Crippen LogP contribution >= 0.6 is 0 Å². The van der Waals surface area contributed by atoms with Crippen molar-refractivity contribution in [2.45, 2.75) is 37.7 Å². The fraction of sp³-hybridized carbons (Fsp3) is 0.448. The van der Waals surface area contributed by atoms with Gasteiger partial charge in [-0.15, -0.1) is 0 Å². The fourth-order valence-electron chi connectivity index (χ4n) is 6.48. The first-order valence-electron chi connectivity index (χ1n) is 13.0. The molecule has 6 nitrogen and oxygen atoms in total. The second kappa shape index (κ2) is 10.9. The van der Waals surface area contributed by atoms with Crippen LogP contribution in [0.2, 0.25) is 0 Å². The molecule has 1 aliphatic carbocycles. The summed E-state index contributed by atoms with van der Waals surface area (Å²) in [5, 5.41) is 25.0. The van der Waals surface area contributed by atoms with Crippen LogP contribution in [0.4, 0.5) is 13.2 Å². The Morgan fingerprint density at radius 2 is 1.95 bits per heavy atom. The number of fused-ring (bicyclic) bond motifs is 1. The summed E-state index contributed by atoms with van der Waals surface area (Å²) in [6.07, 6.45) is 1.69. The standard InChI is InChI=1S/C29H31F3N2O4/c1-38-18-3-5-26-22(11-18)28(25(32)14-34-26)27(35)12-20(19-6-7-33-13-23(19)29(36)37)15-8-16(9-15)21-10-17(30)2-4-24(21)31/h2-5,10-11,14-16,19-20,23,27,33,35H,6-9,12-13H2,1H3,(H,36,37)/t15?,16?,19?,20-,23?,27-/m1/s1. The summed E-state index contributed by atoms with van der Waals surface area (Å²) in [7, 11) is 1.50. The number of carbonyl (C=O) groups is 1. The highest BCUT2D eigenvalue weighted by Gasteiger charge is 2.45. The third-order valence-corrected chi connectivity index (χ3v) is 8.48. The van der Waals surface area contributed by atoms with Crippen LogP contribution in [0.25, 0.3) is 10.9 Å². The van der Waals surface area contributed by atoms with E-state index >= 15 is 4.39 Å². The van der Waals surface area contributed by atoms with Crippen LogP contribution in [0.15, 0.2) is 42.6 Å². The van der Waals surface area contributed by atoms with Crippen molar-refractivity contribution in [3.05, 3.63) is 71.2 Å². The number of carboxylic acid groups (broad SMARTS) is 1. The summed E-state index contributed by atoms with van der Waals surface area (Å²) in [4.78, 5) is 16.3. The van der Waals surface area contributed by atoms with Crippen LogP contribution in [0.1, 0.15) is 48.8 Å². The summed E-state index contributed by atoms with van der Waals surface area (Å²) >= 11 is 0. The van der Waals surface area contributed by atoms with Gasteiger partial charge in [-0.2, -0.15) is 0 Å². The van der Waals surface area contributed by atoms with E-state index in [1.54, 1.807) is 18.2 Å². The zero-order valence-corrected chi connectivity index (χ0v) is 21.0. The number of piperidine rings is 1. The molecule has 1 saturated heterocycles. The van der Waals surface area contributed by atoms with Crippen molar-refractivity contribution in [1.29, 1.82) is 0 Å². The first kappa shape index (κ1) is 26.4. The Kier molecular flexibility index (Phi) is 7.59. The average molecular weight is 529 g/mol. The average Bonchev–Trinajstić information content (AvgIpc) is 2.88. The van der Waals surface area contributed by atoms with E-state index in [0.717, 1.165) is 18.3 Å². The Morgan fingerprint density at radius 3 is 2.68 bits per heavy atom. The van der Waals surface area contributed by atoms with Gasteiger partial charge in [0.25, 0.3) is 0 Å². The third kappa shape index (κ3) is 5.09. The number of hydrogen-bond donors (Lipinski definition) is 3. The number of nitrogens with one attached hydrogen (secondary N) is 1. The zero-order valence-electron chi connectivity index (χ0n) is 21.0. The number of aromatic nitrogens is 1. The maximum atomic E-state index is 15.1. The number of hydrogen-bond acceptors (Lipinski definition) is 5. The highest BCUT2D eigenvalue weighted by molar-refractivity contribution is 5.84. The van der Waals surface area contributed by atoms with E-state index in [2.05, 4.69) is 10.3 Å². The lowest BCUT2D eigenvalue weighted by atomic mass is 9.59. The van der Waals surface area contributed by atoms with E-state index in [9.17, 15) is 23.8 Å². The summed E-state index contributed by atoms with van der Waals surface area (Å²) in [6, 6.07) is 8.46. The van der Waals surface area contributed by atoms with Gasteiger partial charge in [-0.3, -0.25) is 9.78 Å². The number of nitrogens with zero attached hydrogens (tertiary/aromatic N) is 1. The van der Waals surface area contributed by atoms with Crippen LogP contribution < -0.4 is 10.1 Å². The number of aliphatic hydroxyl groups excluding tert-OH is 1. The van der Waals surface area contributed by atoms with E-state index in [4.69, 9.17) is 4.74 Å². The number of halogens is 3. The van der Waals surface area contributed by atoms with Crippen LogP contribution in [0.3, 0.4) is 0 Å². The molecular weight excluding hydrogens is 497 g/mol. The molecular formula is C29H31F3N2O4. The Hall–Kier alpha value is -3.17. The van der Waals surface area contributed by atoms with Crippen molar-refractivity contribution in [3.8, 4) is 5.75 Å². The van der Waals surface area contributed by atoms with Crippen molar-refractivity contribution in [2.24, 2.45) is 23.7 Å². The highest BCUT2D eigenvalue weighted by Crippen LogP contribution is 2.52. The summed E-state index contributed by atoms with van der Waals surface area (Å²) in [6.45, 7) is 0.949. The molecule has 4 atom stereocenters. The monoisotopic (exact) mass is 528 g/mol. The first-order valence-corrected chi connectivity index (χ1v) is 13.0. The maximum absolute atomic E-state index is 15.1. The van der Waals surface area contributed by atoms with Crippen molar-refractivity contribution >= 4 is 16.9 Å². The predicted molar refractivity (Wildman–Crippen MR) is 135 cm³/mol. The molecule has 2 heterocycles. The molecule has 202 valence electrons. The van der Waals surface area contributed by atoms with Crippen molar-refractivity contribution < 1.29 is 32.9 Å². The molecule has 0 amide bonds. The molecule has 3 N–H and O–H groups in total. The molecule has 3 aromatic rings. The summed E-state index contributed by atoms with van der Waals surface area (Å²) in [5.41, 5.74) is 0.930. The van der Waals surface area contributed by atoms with E-state index in [1.807, 2.05) is 0 Å². The SMILES string of the molecule is COc1ccc2ncc(F)c([C@H](O)C[C@H](C3CC(c4cc(F)ccc4F)C3)C3CCNCC3C(=O)O)c2c1. The van der Waals surface area contributed by atoms with Crippen molar-refractivity contribution in [1.82, 2.24) is 10.3 Å². The molecule has 0 bridgehead atoms. The van der Waals surface area contributed by atoms with Crippen LogP contribution in [0, 0.1) is 41.1 Å². The van der Waals surface area contributed by atoms with Crippen molar-refractivity contribution in [2.75, 3.05) is 20.2 Å². The van der Waals surface area contributed by atoms with E-state index in [1.165, 1.54) is 13.2 Å². The van der Waals surface area contributed by atoms with Gasteiger partial charge in [0.15, 0.2) is 0 Å². The Bertz CT molecular complexity index is 1330. The Balaban J connectivity index is 1.46. The highest BCUT2D eigenvalue weighted by atomic mass is 19.1. The quantitative estimate of drug-likeness (QED) is 0.372. The van der Waals surface area contributed by atoms with Crippen LogP contribution in [0.5, 0.6) is 5.75 Å². The molecule has 38 heavy (non-hydrogen) atoms. The maximum Gasteiger partial charge on any atom is 0.308 e. The van der Waals surface area contributed by atoms with Crippen molar-refractivity contribution in [3.63, 3.8) is 0 Å². The van der Waals surface area contributed by atoms with Gasteiger partial charge in [0.2, 0.25) is 0 Å². The Labute approximate surface area is 218 Å². The third-order valence-electron chi connectivity index (χ3n) is 8.48. The topological polar surface area (TPSA) is 91.7 Å². The minimum atomic E-state index is -1.22. The number of benzene rings is 2. The fourth-order valence-corrected chi connectivity index (χ4v) is 6.48. The number of carboxylic acids is 1. The van der Waals surface area contributed by atoms with Gasteiger partial charge in [-0.05, 0) is 97.9 Å². The van der Waals surface area contributed by atoms with E-state index < -0.39 is 35.4 Å². The Morgan fingerprint density at radius 1 is 1.16 bits per heavy atom. The number of ether oxygens (including phenoxy) is 1. The smallest absolute Gasteiger partial charge is 0.308 e. The largest absolute Gasteiger partial charge is 0.497 e. The second-order valence-corrected chi connectivity index (χ2v) is 10.5. The predicted octanol–water partition coefficient (Wildman–Crippen LogP) is 5.20. The summed E-state index contributed by atoms with van der Waals surface area (Å²) in [5.74, 6) is -3.41. The van der Waals surface area contributed by atoms with E-state index in [-0.39, 0.29) is 35.7 Å². The molecule has 1 saturated carbocycles. The van der Waals surface area contributed by atoms with Gasteiger partial charge < -0.3 is 20.3 Å². The van der Waals surface area contributed by atoms with Gasteiger partial charge in [0.05, 0.1) is 30.8 Å². The van der Waals surface area contributed by atoms with Gasteiger partial charge in [0, 0.05) is 17.5 Å². The number of aliphatic carboxylic acids is 1. The molecule has 2 aromatic carbocycles. The molecule has 2 fully saturated rings. The molecule has 5 rings (SSSR count). The van der Waals surface area contributed by atoms with Gasteiger partial charge in [0.1, 0.15) is 23.2 Å². The molecule has 0 spiro atoms. The lowest BCUT2D eigenvalue weighted by Crippen LogP contribution is -2.47. The molecule has 1 aliphatic heterocycles. The zero-order chi connectivity index (χ0) is 27.0. The van der Waals surface area contributed by atoms with E-state index in [0.29, 0.717) is 54.6 Å². The molecule has 9 heteroatoms. The molecule has 2 unspecified atom stereocenters. The lowest BCUT2D eigenvalue weighted by molar-refractivity contribution is -0.146. The number of methoxy groups -OCH3 is 1. The number of rotatable bonds is 8. The number of pyridine rings is 1. The molecule has 1 aromatic heterocycles. The minimum Gasteiger partial charge on any atom is -0.497 e. The van der Waals surface area contributed by atoms with Gasteiger partial charge in [-0.1, -0.05) is 0 Å². The second-order valence-electron chi connectivity index (χ2n) is 10.5. The van der Waals surface area contributed by atoms with Gasteiger partial charge >= 0.3 is 5.97 Å². The molecule has 0 radical (unpaired) electrons. The van der Waals surface area contributed by atoms with Crippen LogP contribution in [-0.4, -0.2) is 41.4 Å². The number of aliphatic hydroxyl groups is 1. The first-order chi connectivity index (χ1) is 18.3. The normalized spacial score (nSPS) is 25.0. The minimum absolute atomic E-state index is 0.0204. The van der Waals surface area contributed by atoms with Crippen LogP contribution in [-0.2, 0) is 4.79 Å². The summed E-state index contributed by atoms with van der Waals surface area (Å²) < 4.78 is 48.6. The van der Waals surface area contributed by atoms with Gasteiger partial charge in [-0.25, -0.2) is 13.2 Å². The molecule has 2 aliphatic rings. The lowest BCUT2D eigenvalue weighted by Gasteiger charge is -2.47.